The molecular weight excluding hydrogens is 529 g/mol. The molecule has 2 aromatic carbocycles. The average Bonchev–Trinajstić information content (AvgIpc) is 2.76. The van der Waals surface area contributed by atoms with Crippen LogP contribution in [-0.4, -0.2) is 32.3 Å². The van der Waals surface area contributed by atoms with E-state index in [1.165, 1.54) is 6.07 Å². The van der Waals surface area contributed by atoms with Crippen LogP contribution in [0.5, 0.6) is 23.0 Å². The number of Topliss-reactive ketones (excluding diaryl/α,β-unsaturated/α-hetero) is 1. The molecule has 0 spiro atoms. The fourth-order valence-corrected chi connectivity index (χ4v) is 4.15. The molecule has 1 aliphatic heterocycles. The van der Waals surface area contributed by atoms with Gasteiger partial charge in [-0.2, -0.15) is 21.6 Å². The number of hydrogen-bond acceptors (Lipinski definition) is 8. The number of fused-ring (bicyclic) bond motifs is 2. The maximum atomic E-state index is 13.2. The van der Waals surface area contributed by atoms with Gasteiger partial charge in [-0.25, -0.2) is 4.79 Å². The number of cyclic esters (lactones) is 1. The van der Waals surface area contributed by atoms with Crippen LogP contribution in [0.3, 0.4) is 0 Å². The number of alkyl halides is 3. The van der Waals surface area contributed by atoms with Gasteiger partial charge in [-0.15, -0.1) is 0 Å². The summed E-state index contributed by atoms with van der Waals surface area (Å²) in [6.07, 6.45) is 0.579. The molecule has 1 heterocycles. The lowest BCUT2D eigenvalue weighted by atomic mass is 9.97. The minimum atomic E-state index is -6.25. The van der Waals surface area contributed by atoms with E-state index in [2.05, 4.69) is 4.18 Å². The predicted octanol–water partition coefficient (Wildman–Crippen LogP) is 6.34. The van der Waals surface area contributed by atoms with Crippen LogP contribution in [0.1, 0.15) is 72.4 Å². The minimum Gasteiger partial charge on any atom is -0.490 e. The van der Waals surface area contributed by atoms with Crippen molar-refractivity contribution in [2.75, 3.05) is 6.61 Å². The number of esters is 1. The van der Waals surface area contributed by atoms with Crippen LogP contribution < -0.4 is 13.7 Å². The molecule has 0 unspecified atom stereocenters. The van der Waals surface area contributed by atoms with E-state index in [4.69, 9.17) is 14.2 Å². The van der Waals surface area contributed by atoms with E-state index >= 15 is 0 Å². The summed E-state index contributed by atoms with van der Waals surface area (Å²) in [4.78, 5) is 25.9. The molecule has 12 heteroatoms. The Morgan fingerprint density at radius 2 is 1.79 bits per heavy atom. The number of carbonyl (C=O) groups excluding carboxylic acids is 2. The Kier molecular flexibility index (Phi) is 8.65. The maximum Gasteiger partial charge on any atom is 0.534 e. The topological polar surface area (TPSA) is 105 Å². The van der Waals surface area contributed by atoms with Crippen LogP contribution in [-0.2, 0) is 21.5 Å². The molecule has 0 saturated heterocycles. The second-order valence-electron chi connectivity index (χ2n) is 9.78. The number of halogens is 3. The van der Waals surface area contributed by atoms with E-state index in [1.54, 1.807) is 32.9 Å². The van der Waals surface area contributed by atoms with Crippen LogP contribution in [0.25, 0.3) is 0 Å². The van der Waals surface area contributed by atoms with Gasteiger partial charge in [-0.05, 0) is 55.0 Å². The molecule has 3 rings (SSSR count). The highest BCUT2D eigenvalue weighted by molar-refractivity contribution is 7.88. The molecule has 0 radical (unpaired) electrons. The Balaban J connectivity index is 2.20. The molecule has 0 aliphatic carbocycles. The van der Waals surface area contributed by atoms with Crippen LogP contribution in [0.15, 0.2) is 24.3 Å². The lowest BCUT2D eigenvalue weighted by Gasteiger charge is -2.23. The summed E-state index contributed by atoms with van der Waals surface area (Å²) in [5, 5.41) is 0. The molecule has 208 valence electrons. The van der Waals surface area contributed by atoms with Gasteiger partial charge >= 0.3 is 21.6 Å². The first-order chi connectivity index (χ1) is 17.6. The van der Waals surface area contributed by atoms with Gasteiger partial charge in [0.25, 0.3) is 0 Å². The second-order valence-corrected chi connectivity index (χ2v) is 11.3. The highest BCUT2D eigenvalue weighted by Gasteiger charge is 2.50. The number of hydrogen-bond donors (Lipinski definition) is 0. The maximum absolute atomic E-state index is 13.2. The van der Waals surface area contributed by atoms with Crippen LogP contribution >= 0.6 is 0 Å². The van der Waals surface area contributed by atoms with Gasteiger partial charge in [-0.3, -0.25) is 4.79 Å². The first kappa shape index (κ1) is 29.3. The second kappa shape index (κ2) is 11.2. The van der Waals surface area contributed by atoms with E-state index in [9.17, 15) is 31.2 Å². The van der Waals surface area contributed by atoms with Crippen molar-refractivity contribution >= 4 is 21.9 Å². The van der Waals surface area contributed by atoms with Crippen LogP contribution in [0, 0.1) is 18.8 Å². The molecule has 0 bridgehead atoms. The third kappa shape index (κ3) is 6.58. The summed E-state index contributed by atoms with van der Waals surface area (Å²) in [5.41, 5.74) is -5.90. The number of aryl methyl sites for hydroxylation is 1. The van der Waals surface area contributed by atoms with Gasteiger partial charge in [0, 0.05) is 12.0 Å². The zero-order chi connectivity index (χ0) is 28.4. The lowest BCUT2D eigenvalue weighted by molar-refractivity contribution is -0.0501. The van der Waals surface area contributed by atoms with Crippen molar-refractivity contribution in [3.63, 3.8) is 0 Å². The largest absolute Gasteiger partial charge is 0.534 e. The molecule has 0 atom stereocenters. The summed E-state index contributed by atoms with van der Waals surface area (Å²) >= 11 is 0. The summed E-state index contributed by atoms with van der Waals surface area (Å²) in [6.45, 7) is 9.20. The Hall–Kier alpha value is -3.28. The quantitative estimate of drug-likeness (QED) is 0.152. The zero-order valence-corrected chi connectivity index (χ0v) is 22.4. The van der Waals surface area contributed by atoms with E-state index in [-0.39, 0.29) is 30.4 Å². The molecule has 0 N–H and O–H groups in total. The normalized spacial score (nSPS) is 13.7. The molecule has 0 saturated carbocycles. The highest BCUT2D eigenvalue weighted by Crippen LogP contribution is 2.44. The molecule has 38 heavy (non-hydrogen) atoms. The van der Waals surface area contributed by atoms with Gasteiger partial charge in [0.05, 0.1) is 12.2 Å². The molecule has 8 nitrogen and oxygen atoms in total. The smallest absolute Gasteiger partial charge is 0.490 e. The highest BCUT2D eigenvalue weighted by atomic mass is 32.2. The van der Waals surface area contributed by atoms with Crippen LogP contribution in [0.4, 0.5) is 13.2 Å². The van der Waals surface area contributed by atoms with Gasteiger partial charge in [0.1, 0.15) is 17.9 Å². The van der Waals surface area contributed by atoms with Crippen molar-refractivity contribution in [1.82, 2.24) is 0 Å². The Morgan fingerprint density at radius 3 is 2.39 bits per heavy atom. The van der Waals surface area contributed by atoms with Crippen LogP contribution in [0.2, 0.25) is 0 Å². The molecular formula is C26H29F3O8S. The molecule has 1 aliphatic rings. The number of ketones is 1. The van der Waals surface area contributed by atoms with Crippen molar-refractivity contribution in [1.29, 1.82) is 0 Å². The number of rotatable bonds is 9. The van der Waals surface area contributed by atoms with E-state index < -0.39 is 44.3 Å². The number of carbonyl (C=O) groups is 2. The van der Waals surface area contributed by atoms with Crippen molar-refractivity contribution in [2.24, 2.45) is 11.8 Å². The van der Waals surface area contributed by atoms with Gasteiger partial charge in [0.15, 0.2) is 23.0 Å². The van der Waals surface area contributed by atoms with Crippen molar-refractivity contribution in [2.45, 2.75) is 59.6 Å². The monoisotopic (exact) mass is 558 g/mol. The standard InChI is InChI=1S/C26H29F3O8S/c1-14(2)8-9-34-21-12-16(5)11-17-13-35-25(31)22-20(36-23(17)21)7-6-18(19(30)10-15(3)4)24(22)37-38(32,33)26(27,28)29/h6-7,11-12,14-15H,8-10,13H2,1-5H3. The molecule has 2 aromatic rings. The van der Waals surface area contributed by atoms with E-state index in [0.717, 1.165) is 18.1 Å². The van der Waals surface area contributed by atoms with Crippen molar-refractivity contribution < 1.29 is 49.6 Å². The first-order valence-electron chi connectivity index (χ1n) is 11.9. The van der Waals surface area contributed by atoms with Gasteiger partial charge in [-0.1, -0.05) is 27.7 Å². The third-order valence-corrected chi connectivity index (χ3v) is 6.45. The van der Waals surface area contributed by atoms with E-state index in [1.807, 2.05) is 13.8 Å². The van der Waals surface area contributed by atoms with E-state index in [0.29, 0.717) is 23.8 Å². The number of ether oxygens (including phenoxy) is 3. The third-order valence-electron chi connectivity index (χ3n) is 5.49. The zero-order valence-electron chi connectivity index (χ0n) is 21.6. The Labute approximate surface area is 219 Å². The first-order valence-corrected chi connectivity index (χ1v) is 13.3. The van der Waals surface area contributed by atoms with Gasteiger partial charge < -0.3 is 18.4 Å². The van der Waals surface area contributed by atoms with Gasteiger partial charge in [0.2, 0.25) is 0 Å². The summed E-state index contributed by atoms with van der Waals surface area (Å²) in [5.74, 6) is -2.84. The van der Waals surface area contributed by atoms with Crippen molar-refractivity contribution in [3.05, 3.63) is 46.5 Å². The molecule has 0 aromatic heterocycles. The molecule has 0 amide bonds. The SMILES string of the molecule is Cc1cc2c(c(OCCC(C)C)c1)Oc1ccc(C(=O)CC(C)C)c(OS(=O)(=O)C(F)(F)F)c1C(=O)OC2. The summed E-state index contributed by atoms with van der Waals surface area (Å²) in [6, 6.07) is 5.63. The average molecular weight is 559 g/mol. The summed E-state index contributed by atoms with van der Waals surface area (Å²) in [7, 11) is -6.25. The van der Waals surface area contributed by atoms with Crippen molar-refractivity contribution in [3.8, 4) is 23.0 Å². The lowest BCUT2D eigenvalue weighted by Crippen LogP contribution is -2.29. The summed E-state index contributed by atoms with van der Waals surface area (Å²) < 4.78 is 85.2. The Morgan fingerprint density at radius 1 is 1.11 bits per heavy atom. The predicted molar refractivity (Wildman–Crippen MR) is 131 cm³/mol. The minimum absolute atomic E-state index is 0.138. The Bertz CT molecular complexity index is 1330. The number of benzene rings is 2. The fraction of sp³-hybridized carbons (Fsp3) is 0.462. The fourth-order valence-electron chi connectivity index (χ4n) is 3.66. The molecule has 0 fully saturated rings.